The van der Waals surface area contributed by atoms with Crippen molar-refractivity contribution in [3.05, 3.63) is 54.1 Å². The molecule has 2 N–H and O–H groups in total. The van der Waals surface area contributed by atoms with Gasteiger partial charge in [0.2, 0.25) is 10.0 Å². The topological polar surface area (TPSA) is 58.2 Å². The van der Waals surface area contributed by atoms with Gasteiger partial charge in [0.1, 0.15) is 0 Å². The van der Waals surface area contributed by atoms with Crippen molar-refractivity contribution in [2.45, 2.75) is 20.8 Å². The average molecular weight is 318 g/mol. The van der Waals surface area contributed by atoms with Crippen LogP contribution in [0.4, 0.5) is 17.1 Å². The van der Waals surface area contributed by atoms with Crippen molar-refractivity contribution in [1.29, 1.82) is 0 Å². The third-order valence-corrected chi connectivity index (χ3v) is 4.71. The zero-order valence-electron chi connectivity index (χ0n) is 13.1. The van der Waals surface area contributed by atoms with E-state index >= 15 is 0 Å². The fourth-order valence-electron chi connectivity index (χ4n) is 2.12. The number of para-hydroxylation sites is 2. The molecule has 0 aromatic heterocycles. The van der Waals surface area contributed by atoms with Crippen LogP contribution in [0.3, 0.4) is 0 Å². The summed E-state index contributed by atoms with van der Waals surface area (Å²) < 4.78 is 26.9. The molecule has 118 valence electrons. The maximum absolute atomic E-state index is 12.1. The molecule has 2 aromatic carbocycles. The molecule has 5 heteroatoms. The summed E-state index contributed by atoms with van der Waals surface area (Å²) in [6, 6.07) is 15.2. The van der Waals surface area contributed by atoms with Crippen LogP contribution in [0.1, 0.15) is 19.4 Å². The quantitative estimate of drug-likeness (QED) is 0.841. The van der Waals surface area contributed by atoms with Crippen molar-refractivity contribution in [1.82, 2.24) is 0 Å². The van der Waals surface area contributed by atoms with Crippen molar-refractivity contribution in [3.63, 3.8) is 0 Å². The van der Waals surface area contributed by atoms with E-state index in [0.717, 1.165) is 11.4 Å². The number of anilines is 3. The highest BCUT2D eigenvalue weighted by molar-refractivity contribution is 7.92. The van der Waals surface area contributed by atoms with Crippen molar-refractivity contribution in [2.24, 2.45) is 5.92 Å². The van der Waals surface area contributed by atoms with Crippen LogP contribution in [0.2, 0.25) is 0 Å². The van der Waals surface area contributed by atoms with Crippen LogP contribution >= 0.6 is 0 Å². The number of nitrogens with one attached hydrogen (secondary N) is 2. The van der Waals surface area contributed by atoms with E-state index < -0.39 is 10.0 Å². The van der Waals surface area contributed by atoms with Crippen molar-refractivity contribution in [2.75, 3.05) is 15.8 Å². The summed E-state index contributed by atoms with van der Waals surface area (Å²) in [7, 11) is -3.35. The maximum Gasteiger partial charge on any atom is 0.233 e. The third-order valence-electron chi connectivity index (χ3n) is 3.08. The molecule has 0 heterocycles. The number of benzene rings is 2. The zero-order valence-corrected chi connectivity index (χ0v) is 13.9. The molecule has 0 radical (unpaired) electrons. The van der Waals surface area contributed by atoms with E-state index in [2.05, 4.69) is 10.0 Å². The minimum atomic E-state index is -3.35. The lowest BCUT2D eigenvalue weighted by atomic mass is 10.2. The van der Waals surface area contributed by atoms with Gasteiger partial charge in [-0.25, -0.2) is 8.42 Å². The Kier molecular flexibility index (Phi) is 5.08. The van der Waals surface area contributed by atoms with E-state index in [1.807, 2.05) is 63.2 Å². The summed E-state index contributed by atoms with van der Waals surface area (Å²) in [5.74, 6) is 0.181. The highest BCUT2D eigenvalue weighted by atomic mass is 32.2. The number of rotatable bonds is 6. The molecule has 0 saturated carbocycles. The molecule has 0 fully saturated rings. The second-order valence-electron chi connectivity index (χ2n) is 5.81. The molecule has 0 aliphatic carbocycles. The minimum absolute atomic E-state index is 0.0784. The van der Waals surface area contributed by atoms with Crippen LogP contribution in [0.5, 0.6) is 0 Å². The SMILES string of the molecule is Cc1ccc(Nc2ccccc2NS(=O)(=O)CC(C)C)cc1. The van der Waals surface area contributed by atoms with Gasteiger partial charge in [-0.15, -0.1) is 0 Å². The van der Waals surface area contributed by atoms with Gasteiger partial charge in [-0.3, -0.25) is 4.72 Å². The Morgan fingerprint density at radius 1 is 0.955 bits per heavy atom. The highest BCUT2D eigenvalue weighted by Crippen LogP contribution is 2.26. The maximum atomic E-state index is 12.1. The largest absolute Gasteiger partial charge is 0.354 e. The first kappa shape index (κ1) is 16.4. The van der Waals surface area contributed by atoms with Gasteiger partial charge in [0.15, 0.2) is 0 Å². The monoisotopic (exact) mass is 318 g/mol. The van der Waals surface area contributed by atoms with Crippen molar-refractivity contribution in [3.8, 4) is 0 Å². The smallest absolute Gasteiger partial charge is 0.233 e. The molecule has 0 spiro atoms. The highest BCUT2D eigenvalue weighted by Gasteiger charge is 2.14. The summed E-state index contributed by atoms with van der Waals surface area (Å²) in [6.07, 6.45) is 0. The minimum Gasteiger partial charge on any atom is -0.354 e. The molecule has 2 aromatic rings. The van der Waals surface area contributed by atoms with Gasteiger partial charge in [-0.1, -0.05) is 43.7 Å². The predicted molar refractivity (Wildman–Crippen MR) is 93.2 cm³/mol. The standard InChI is InChI=1S/C17H22N2O2S/c1-13(2)12-22(20,21)19-17-7-5-4-6-16(17)18-15-10-8-14(3)9-11-15/h4-11,13,18-19H,12H2,1-3H3. The number of hydrogen-bond acceptors (Lipinski definition) is 3. The average Bonchev–Trinajstić information content (AvgIpc) is 2.41. The van der Waals surface area contributed by atoms with E-state index in [0.29, 0.717) is 5.69 Å². The van der Waals surface area contributed by atoms with Gasteiger partial charge in [0.25, 0.3) is 0 Å². The summed E-state index contributed by atoms with van der Waals surface area (Å²) in [4.78, 5) is 0. The Balaban J connectivity index is 2.21. The Morgan fingerprint density at radius 3 is 2.14 bits per heavy atom. The summed E-state index contributed by atoms with van der Waals surface area (Å²) >= 11 is 0. The summed E-state index contributed by atoms with van der Waals surface area (Å²) in [5, 5.41) is 3.25. The predicted octanol–water partition coefficient (Wildman–Crippen LogP) is 4.14. The molecule has 0 bridgehead atoms. The van der Waals surface area contributed by atoms with E-state index in [9.17, 15) is 8.42 Å². The van der Waals surface area contributed by atoms with Crippen LogP contribution in [0.25, 0.3) is 0 Å². The number of sulfonamides is 1. The first-order valence-corrected chi connectivity index (χ1v) is 8.94. The first-order chi connectivity index (χ1) is 10.4. The lowest BCUT2D eigenvalue weighted by Crippen LogP contribution is -2.20. The van der Waals surface area contributed by atoms with Gasteiger partial charge in [0.05, 0.1) is 17.1 Å². The Hall–Kier alpha value is -2.01. The molecule has 0 saturated heterocycles. The van der Waals surface area contributed by atoms with E-state index in [1.54, 1.807) is 6.07 Å². The van der Waals surface area contributed by atoms with Gasteiger partial charge in [0, 0.05) is 5.69 Å². The third kappa shape index (κ3) is 4.77. The first-order valence-electron chi connectivity index (χ1n) is 7.29. The summed E-state index contributed by atoms with van der Waals surface area (Å²) in [6.45, 7) is 5.79. The van der Waals surface area contributed by atoms with Crippen LogP contribution in [-0.4, -0.2) is 14.2 Å². The second kappa shape index (κ2) is 6.83. The lowest BCUT2D eigenvalue weighted by molar-refractivity contribution is 0.587. The molecular formula is C17H22N2O2S. The van der Waals surface area contributed by atoms with Gasteiger partial charge in [-0.2, -0.15) is 0 Å². The van der Waals surface area contributed by atoms with Crippen LogP contribution < -0.4 is 10.0 Å². The molecule has 0 atom stereocenters. The van der Waals surface area contributed by atoms with Gasteiger partial charge in [-0.05, 0) is 37.1 Å². The van der Waals surface area contributed by atoms with Gasteiger partial charge < -0.3 is 5.32 Å². The molecule has 0 amide bonds. The van der Waals surface area contributed by atoms with Crippen LogP contribution in [-0.2, 0) is 10.0 Å². The van der Waals surface area contributed by atoms with Crippen LogP contribution in [0, 0.1) is 12.8 Å². The molecule has 2 rings (SSSR count). The summed E-state index contributed by atoms with van der Waals surface area (Å²) in [5.41, 5.74) is 3.39. The molecule has 0 aliphatic heterocycles. The van der Waals surface area contributed by atoms with E-state index in [1.165, 1.54) is 5.56 Å². The molecule has 22 heavy (non-hydrogen) atoms. The Labute approximate surface area is 132 Å². The fourth-order valence-corrected chi connectivity index (χ4v) is 3.60. The second-order valence-corrected chi connectivity index (χ2v) is 7.58. The van der Waals surface area contributed by atoms with E-state index in [-0.39, 0.29) is 11.7 Å². The fraction of sp³-hybridized carbons (Fsp3) is 0.294. The lowest BCUT2D eigenvalue weighted by Gasteiger charge is -2.15. The molecule has 0 aliphatic rings. The molecule has 4 nitrogen and oxygen atoms in total. The normalized spacial score (nSPS) is 11.5. The zero-order chi connectivity index (χ0) is 16.2. The molecular weight excluding hydrogens is 296 g/mol. The van der Waals surface area contributed by atoms with Crippen molar-refractivity contribution >= 4 is 27.1 Å². The number of hydrogen-bond donors (Lipinski definition) is 2. The van der Waals surface area contributed by atoms with E-state index in [4.69, 9.17) is 0 Å². The van der Waals surface area contributed by atoms with Gasteiger partial charge >= 0.3 is 0 Å². The Morgan fingerprint density at radius 2 is 1.55 bits per heavy atom. The van der Waals surface area contributed by atoms with Crippen molar-refractivity contribution < 1.29 is 8.42 Å². The number of aryl methyl sites for hydroxylation is 1. The van der Waals surface area contributed by atoms with Crippen LogP contribution in [0.15, 0.2) is 48.5 Å². The molecule has 0 unspecified atom stereocenters. The Bertz CT molecular complexity index is 723.